The Morgan fingerprint density at radius 1 is 0.946 bits per heavy atom. The van der Waals surface area contributed by atoms with Gasteiger partial charge >= 0.3 is 5.97 Å². The number of aliphatic carboxylic acids is 1. The zero-order chi connectivity index (χ0) is 28.1. The lowest BCUT2D eigenvalue weighted by Gasteiger charge is -2.25. The number of aromatic hydroxyl groups is 1. The van der Waals surface area contributed by atoms with E-state index in [1.54, 1.807) is 13.8 Å². The van der Waals surface area contributed by atoms with Crippen LogP contribution < -0.4 is 33.2 Å². The van der Waals surface area contributed by atoms with Crippen LogP contribution in [0, 0.1) is 5.92 Å². The summed E-state index contributed by atoms with van der Waals surface area (Å²) in [5.74, 6) is -3.66. The van der Waals surface area contributed by atoms with Gasteiger partial charge in [0.05, 0.1) is 6.04 Å². The number of carboxylic acids is 1. The fraction of sp³-hybridized carbons (Fsp3) is 0.522. The average molecular weight is 540 g/mol. The highest BCUT2D eigenvalue weighted by Crippen LogP contribution is 2.12. The number of carboxylic acid groups (broad SMARTS) is 1. The standard InChI is InChI=1S/C23H37N7O6S/c1-12(2)18(24)21(34)28-15(4-3-9-27-23(25)26)19(32)30-17(11-37)20(33)29-16(22(35)36)10-13-5-7-14(31)8-6-13/h5-8,12,15-18,31,37H,3-4,9-11,24H2,1-2H3,(H,28,34)(H,29,33)(H,30,32)(H,35,36)(H4,25,26,27). The van der Waals surface area contributed by atoms with Crippen LogP contribution in [0.4, 0.5) is 0 Å². The molecule has 3 amide bonds. The topological polar surface area (TPSA) is 235 Å². The number of phenols is 1. The lowest BCUT2D eigenvalue weighted by atomic mass is 10.0. The molecule has 4 atom stereocenters. The molecule has 11 N–H and O–H groups in total. The quantitative estimate of drug-likeness (QED) is 0.0541. The Hall–Kier alpha value is -3.52. The molecule has 4 unspecified atom stereocenters. The number of phenolic OH excluding ortho intramolecular Hbond substituents is 1. The molecule has 1 rings (SSSR count). The van der Waals surface area contributed by atoms with Crippen LogP contribution in [0.3, 0.4) is 0 Å². The summed E-state index contributed by atoms with van der Waals surface area (Å²) in [5, 5.41) is 26.5. The van der Waals surface area contributed by atoms with Crippen LogP contribution in [0.25, 0.3) is 0 Å². The van der Waals surface area contributed by atoms with Gasteiger partial charge in [0, 0.05) is 18.7 Å². The number of guanidine groups is 1. The highest BCUT2D eigenvalue weighted by Gasteiger charge is 2.30. The third kappa shape index (κ3) is 11.4. The summed E-state index contributed by atoms with van der Waals surface area (Å²) >= 11 is 4.12. The first kappa shape index (κ1) is 31.5. The molecule has 0 aromatic heterocycles. The van der Waals surface area contributed by atoms with Gasteiger partial charge in [-0.05, 0) is 36.5 Å². The highest BCUT2D eigenvalue weighted by atomic mass is 32.1. The van der Waals surface area contributed by atoms with E-state index in [1.165, 1.54) is 24.3 Å². The maximum Gasteiger partial charge on any atom is 0.326 e. The zero-order valence-electron chi connectivity index (χ0n) is 20.9. The van der Waals surface area contributed by atoms with Crippen molar-refractivity contribution in [2.24, 2.45) is 28.1 Å². The molecular weight excluding hydrogens is 502 g/mol. The Morgan fingerprint density at radius 3 is 2.00 bits per heavy atom. The molecule has 0 saturated carbocycles. The molecule has 13 nitrogen and oxygen atoms in total. The van der Waals surface area contributed by atoms with Crippen molar-refractivity contribution in [3.05, 3.63) is 29.8 Å². The first-order valence-corrected chi connectivity index (χ1v) is 12.3. The molecule has 0 aliphatic heterocycles. The van der Waals surface area contributed by atoms with Crippen molar-refractivity contribution in [2.75, 3.05) is 12.3 Å². The largest absolute Gasteiger partial charge is 0.508 e. The fourth-order valence-corrected chi connectivity index (χ4v) is 3.41. The second-order valence-electron chi connectivity index (χ2n) is 8.79. The number of rotatable bonds is 15. The Kier molecular flexibility index (Phi) is 13.3. The lowest BCUT2D eigenvalue weighted by Crippen LogP contribution is -2.58. The molecule has 0 heterocycles. The van der Waals surface area contributed by atoms with Gasteiger partial charge in [-0.15, -0.1) is 0 Å². The Labute approximate surface area is 221 Å². The number of nitrogens with two attached hydrogens (primary N) is 3. The first-order chi connectivity index (χ1) is 17.3. The monoisotopic (exact) mass is 539 g/mol. The number of aliphatic imine (C=N–C) groups is 1. The van der Waals surface area contributed by atoms with Gasteiger partial charge in [-0.25, -0.2) is 4.79 Å². The molecule has 0 bridgehead atoms. The van der Waals surface area contributed by atoms with Crippen LogP contribution >= 0.6 is 12.6 Å². The molecule has 14 heteroatoms. The summed E-state index contributed by atoms with van der Waals surface area (Å²) in [6.45, 7) is 3.74. The number of benzene rings is 1. The van der Waals surface area contributed by atoms with Crippen molar-refractivity contribution < 1.29 is 29.4 Å². The van der Waals surface area contributed by atoms with Gasteiger partial charge in [-0.1, -0.05) is 26.0 Å². The first-order valence-electron chi connectivity index (χ1n) is 11.7. The van der Waals surface area contributed by atoms with Crippen LogP contribution in [0.1, 0.15) is 32.3 Å². The summed E-state index contributed by atoms with van der Waals surface area (Å²) in [6, 6.07) is 1.49. The van der Waals surface area contributed by atoms with E-state index < -0.39 is 47.9 Å². The summed E-state index contributed by atoms with van der Waals surface area (Å²) < 4.78 is 0. The maximum absolute atomic E-state index is 13.0. The van der Waals surface area contributed by atoms with Crippen molar-refractivity contribution in [1.29, 1.82) is 0 Å². The Morgan fingerprint density at radius 2 is 1.49 bits per heavy atom. The molecule has 0 spiro atoms. The number of hydrogen-bond donors (Lipinski definition) is 9. The molecule has 206 valence electrons. The van der Waals surface area contributed by atoms with Crippen molar-refractivity contribution in [3.63, 3.8) is 0 Å². The van der Waals surface area contributed by atoms with Crippen molar-refractivity contribution in [1.82, 2.24) is 16.0 Å². The van der Waals surface area contributed by atoms with Crippen LogP contribution in [0.5, 0.6) is 5.75 Å². The van der Waals surface area contributed by atoms with E-state index in [-0.39, 0.29) is 42.8 Å². The molecule has 37 heavy (non-hydrogen) atoms. The average Bonchev–Trinajstić information content (AvgIpc) is 2.83. The van der Waals surface area contributed by atoms with E-state index in [2.05, 4.69) is 33.6 Å². The van der Waals surface area contributed by atoms with E-state index >= 15 is 0 Å². The van der Waals surface area contributed by atoms with Gasteiger partial charge in [0.1, 0.15) is 23.9 Å². The van der Waals surface area contributed by atoms with E-state index in [4.69, 9.17) is 17.2 Å². The predicted molar refractivity (Wildman–Crippen MR) is 142 cm³/mol. The molecule has 1 aromatic rings. The van der Waals surface area contributed by atoms with Crippen LogP contribution in [-0.4, -0.2) is 76.3 Å². The molecule has 0 aliphatic carbocycles. The molecule has 1 aromatic carbocycles. The molecule has 0 aliphatic rings. The highest BCUT2D eigenvalue weighted by molar-refractivity contribution is 7.80. The number of amides is 3. The zero-order valence-corrected chi connectivity index (χ0v) is 21.8. The van der Waals surface area contributed by atoms with Gasteiger partial charge in [0.2, 0.25) is 17.7 Å². The van der Waals surface area contributed by atoms with Gasteiger partial charge < -0.3 is 43.4 Å². The lowest BCUT2D eigenvalue weighted by molar-refractivity contribution is -0.142. The van der Waals surface area contributed by atoms with Crippen LogP contribution in [-0.2, 0) is 25.6 Å². The van der Waals surface area contributed by atoms with Gasteiger partial charge in [-0.2, -0.15) is 12.6 Å². The Balaban J connectivity index is 2.92. The molecular formula is C23H37N7O6S. The number of nitrogens with zero attached hydrogens (tertiary/aromatic N) is 1. The fourth-order valence-electron chi connectivity index (χ4n) is 3.15. The van der Waals surface area contributed by atoms with Crippen LogP contribution in [0.15, 0.2) is 29.3 Å². The van der Waals surface area contributed by atoms with E-state index in [1.807, 2.05) is 0 Å². The predicted octanol–water partition coefficient (Wildman–Crippen LogP) is -1.56. The van der Waals surface area contributed by atoms with Crippen molar-refractivity contribution >= 4 is 42.3 Å². The number of carbonyl (C=O) groups is 4. The molecule has 0 fully saturated rings. The minimum absolute atomic E-state index is 0.0202. The van der Waals surface area contributed by atoms with Gasteiger partial charge in [0.15, 0.2) is 5.96 Å². The van der Waals surface area contributed by atoms with E-state index in [9.17, 15) is 29.4 Å². The number of nitrogens with one attached hydrogen (secondary N) is 3. The third-order valence-electron chi connectivity index (χ3n) is 5.41. The van der Waals surface area contributed by atoms with Gasteiger partial charge in [-0.3, -0.25) is 19.4 Å². The third-order valence-corrected chi connectivity index (χ3v) is 5.77. The molecule has 0 saturated heterocycles. The van der Waals surface area contributed by atoms with Crippen molar-refractivity contribution in [3.8, 4) is 5.75 Å². The second-order valence-corrected chi connectivity index (χ2v) is 9.16. The second kappa shape index (κ2) is 15.6. The smallest absolute Gasteiger partial charge is 0.326 e. The summed E-state index contributed by atoms with van der Waals surface area (Å²) in [4.78, 5) is 53.9. The number of hydrogen-bond acceptors (Lipinski definition) is 8. The number of carbonyl (C=O) groups excluding carboxylic acids is 3. The summed E-state index contributed by atoms with van der Waals surface area (Å²) in [6.07, 6.45) is 0.447. The molecule has 0 radical (unpaired) electrons. The normalized spacial score (nSPS) is 14.1. The van der Waals surface area contributed by atoms with E-state index in [0.29, 0.717) is 12.0 Å². The Bertz CT molecular complexity index is 953. The van der Waals surface area contributed by atoms with Gasteiger partial charge in [0.25, 0.3) is 0 Å². The number of thiol groups is 1. The minimum atomic E-state index is -1.30. The maximum atomic E-state index is 13.0. The summed E-state index contributed by atoms with van der Waals surface area (Å²) in [7, 11) is 0. The minimum Gasteiger partial charge on any atom is -0.508 e. The van der Waals surface area contributed by atoms with E-state index in [0.717, 1.165) is 0 Å². The summed E-state index contributed by atoms with van der Waals surface area (Å²) in [5.41, 5.74) is 17.1. The van der Waals surface area contributed by atoms with Crippen molar-refractivity contribution in [2.45, 2.75) is 57.3 Å². The SMILES string of the molecule is CC(C)C(N)C(=O)NC(CCCN=C(N)N)C(=O)NC(CS)C(=O)NC(Cc1ccc(O)cc1)C(=O)O. The van der Waals surface area contributed by atoms with Crippen LogP contribution in [0.2, 0.25) is 0 Å².